The van der Waals surface area contributed by atoms with Crippen LogP contribution in [0.3, 0.4) is 0 Å². The van der Waals surface area contributed by atoms with Gasteiger partial charge in [-0.15, -0.1) is 0 Å². The maximum absolute atomic E-state index is 12.1. The van der Waals surface area contributed by atoms with Gasteiger partial charge in [-0.3, -0.25) is 10.2 Å². The van der Waals surface area contributed by atoms with Crippen LogP contribution in [-0.4, -0.2) is 5.91 Å². The van der Waals surface area contributed by atoms with Crippen LogP contribution >= 0.6 is 0 Å². The summed E-state index contributed by atoms with van der Waals surface area (Å²) >= 11 is 0. The minimum Gasteiger partial charge on any atom is -0.293 e. The zero-order valence-corrected chi connectivity index (χ0v) is 9.62. The molecule has 0 bridgehead atoms. The number of aryl methyl sites for hydroxylation is 1. The van der Waals surface area contributed by atoms with Gasteiger partial charge >= 0.3 is 0 Å². The first-order chi connectivity index (χ1) is 7.70. The minimum atomic E-state index is -0.389. The first-order valence-corrected chi connectivity index (χ1v) is 5.78. The molecular weight excluding hydrogens is 200 g/mol. The first-order valence-electron chi connectivity index (χ1n) is 5.78. The zero-order valence-electron chi connectivity index (χ0n) is 9.62. The summed E-state index contributed by atoms with van der Waals surface area (Å²) in [5.74, 6) is 5.28. The number of carbonyl (C=O) groups excluding carboxylic acids is 1. The molecule has 3 heteroatoms. The van der Waals surface area contributed by atoms with E-state index in [0.717, 1.165) is 31.2 Å². The number of nitrogens with two attached hydrogens (primary N) is 1. The molecule has 0 spiro atoms. The van der Waals surface area contributed by atoms with Crippen molar-refractivity contribution < 1.29 is 4.79 Å². The molecule has 1 aliphatic rings. The minimum absolute atomic E-state index is 0.0423. The Labute approximate surface area is 96.0 Å². The van der Waals surface area contributed by atoms with E-state index in [-0.39, 0.29) is 11.3 Å². The Bertz CT molecular complexity index is 395. The van der Waals surface area contributed by atoms with Gasteiger partial charge < -0.3 is 0 Å². The van der Waals surface area contributed by atoms with Crippen LogP contribution in [0.4, 0.5) is 0 Å². The molecule has 86 valence electrons. The molecule has 1 fully saturated rings. The molecule has 1 aromatic carbocycles. The normalized spacial score (nSPS) is 18.4. The van der Waals surface area contributed by atoms with E-state index in [9.17, 15) is 4.79 Å². The molecule has 16 heavy (non-hydrogen) atoms. The van der Waals surface area contributed by atoms with Gasteiger partial charge in [-0.25, -0.2) is 5.84 Å². The molecule has 1 saturated carbocycles. The molecule has 0 radical (unpaired) electrons. The monoisotopic (exact) mass is 218 g/mol. The van der Waals surface area contributed by atoms with E-state index in [1.54, 1.807) is 0 Å². The van der Waals surface area contributed by atoms with E-state index in [2.05, 4.69) is 24.5 Å². The molecule has 1 amide bonds. The molecule has 0 aliphatic heterocycles. The summed E-state index contributed by atoms with van der Waals surface area (Å²) in [6, 6.07) is 8.10. The lowest BCUT2D eigenvalue weighted by molar-refractivity contribution is -0.126. The van der Waals surface area contributed by atoms with Crippen LogP contribution in [0.15, 0.2) is 24.3 Å². The first kappa shape index (κ1) is 11.1. The van der Waals surface area contributed by atoms with Crippen LogP contribution in [0.2, 0.25) is 0 Å². The highest BCUT2D eigenvalue weighted by Crippen LogP contribution is 2.42. The van der Waals surface area contributed by atoms with Gasteiger partial charge in [-0.05, 0) is 30.9 Å². The zero-order chi connectivity index (χ0) is 11.6. The number of rotatable bonds is 2. The highest BCUT2D eigenvalue weighted by atomic mass is 16.2. The van der Waals surface area contributed by atoms with Crippen molar-refractivity contribution >= 4 is 5.91 Å². The van der Waals surface area contributed by atoms with Gasteiger partial charge in [0.15, 0.2) is 0 Å². The third kappa shape index (κ3) is 1.61. The highest BCUT2D eigenvalue weighted by Gasteiger charge is 2.42. The van der Waals surface area contributed by atoms with Gasteiger partial charge in [0, 0.05) is 0 Å². The van der Waals surface area contributed by atoms with Gasteiger partial charge in [-0.2, -0.15) is 0 Å². The SMILES string of the molecule is Cc1ccccc1C1(C(=O)NN)CCCC1. The average Bonchev–Trinajstić information content (AvgIpc) is 2.79. The molecule has 3 N–H and O–H groups in total. The predicted molar refractivity (Wildman–Crippen MR) is 63.7 cm³/mol. The van der Waals surface area contributed by atoms with Gasteiger partial charge in [-0.1, -0.05) is 37.1 Å². The van der Waals surface area contributed by atoms with Crippen LogP contribution in [-0.2, 0) is 10.2 Å². The predicted octanol–water partition coefficient (Wildman–Crippen LogP) is 1.80. The van der Waals surface area contributed by atoms with Gasteiger partial charge in [0.1, 0.15) is 0 Å². The van der Waals surface area contributed by atoms with E-state index < -0.39 is 0 Å². The number of hydrogen-bond donors (Lipinski definition) is 2. The van der Waals surface area contributed by atoms with E-state index in [1.807, 2.05) is 12.1 Å². The number of hydrazine groups is 1. The highest BCUT2D eigenvalue weighted by molar-refractivity contribution is 5.88. The van der Waals surface area contributed by atoms with Gasteiger partial charge in [0.25, 0.3) is 0 Å². The summed E-state index contributed by atoms with van der Waals surface area (Å²) in [5, 5.41) is 0. The van der Waals surface area contributed by atoms with Crippen LogP contribution in [0.25, 0.3) is 0 Å². The quantitative estimate of drug-likeness (QED) is 0.452. The summed E-state index contributed by atoms with van der Waals surface area (Å²) in [4.78, 5) is 12.1. The summed E-state index contributed by atoms with van der Waals surface area (Å²) < 4.78 is 0. The summed E-state index contributed by atoms with van der Waals surface area (Å²) in [6.07, 6.45) is 4.01. The number of nitrogens with one attached hydrogen (secondary N) is 1. The Morgan fingerprint density at radius 3 is 2.50 bits per heavy atom. The number of amides is 1. The molecule has 0 saturated heterocycles. The van der Waals surface area contributed by atoms with Crippen molar-refractivity contribution in [3.63, 3.8) is 0 Å². The van der Waals surface area contributed by atoms with Crippen LogP contribution in [0.5, 0.6) is 0 Å². The summed E-state index contributed by atoms with van der Waals surface area (Å²) in [7, 11) is 0. The topological polar surface area (TPSA) is 55.1 Å². The molecule has 0 heterocycles. The molecule has 3 nitrogen and oxygen atoms in total. The van der Waals surface area contributed by atoms with Crippen LogP contribution in [0.1, 0.15) is 36.8 Å². The fraction of sp³-hybridized carbons (Fsp3) is 0.462. The van der Waals surface area contributed by atoms with Crippen molar-refractivity contribution in [1.29, 1.82) is 0 Å². The molecule has 0 aromatic heterocycles. The molecular formula is C13H18N2O. The molecule has 1 aliphatic carbocycles. The third-order valence-electron chi connectivity index (χ3n) is 3.68. The fourth-order valence-electron chi connectivity index (χ4n) is 2.85. The molecule has 0 atom stereocenters. The maximum Gasteiger partial charge on any atom is 0.244 e. The summed E-state index contributed by atoms with van der Waals surface area (Å²) in [5.41, 5.74) is 4.25. The lowest BCUT2D eigenvalue weighted by Crippen LogP contribution is -2.46. The Kier molecular flexibility index (Phi) is 2.97. The van der Waals surface area contributed by atoms with Gasteiger partial charge in [0.2, 0.25) is 5.91 Å². The average molecular weight is 218 g/mol. The Morgan fingerprint density at radius 1 is 1.31 bits per heavy atom. The smallest absolute Gasteiger partial charge is 0.244 e. The van der Waals surface area contributed by atoms with E-state index in [4.69, 9.17) is 5.84 Å². The van der Waals surface area contributed by atoms with Crippen molar-refractivity contribution in [2.24, 2.45) is 5.84 Å². The van der Waals surface area contributed by atoms with Crippen molar-refractivity contribution in [2.75, 3.05) is 0 Å². The third-order valence-corrected chi connectivity index (χ3v) is 3.68. The lowest BCUT2D eigenvalue weighted by atomic mass is 9.76. The number of benzene rings is 1. The van der Waals surface area contributed by atoms with E-state index in [0.29, 0.717) is 0 Å². The maximum atomic E-state index is 12.1. The van der Waals surface area contributed by atoms with Crippen molar-refractivity contribution in [3.8, 4) is 0 Å². The second-order valence-electron chi connectivity index (χ2n) is 4.58. The molecule has 2 rings (SSSR count). The van der Waals surface area contributed by atoms with Crippen molar-refractivity contribution in [3.05, 3.63) is 35.4 Å². The van der Waals surface area contributed by atoms with Crippen molar-refractivity contribution in [1.82, 2.24) is 5.43 Å². The second-order valence-corrected chi connectivity index (χ2v) is 4.58. The van der Waals surface area contributed by atoms with Crippen LogP contribution < -0.4 is 11.3 Å². The fourth-order valence-corrected chi connectivity index (χ4v) is 2.85. The lowest BCUT2D eigenvalue weighted by Gasteiger charge is -2.28. The number of carbonyl (C=O) groups is 1. The summed E-state index contributed by atoms with van der Waals surface area (Å²) in [6.45, 7) is 2.05. The molecule has 1 aromatic rings. The van der Waals surface area contributed by atoms with Crippen LogP contribution in [0, 0.1) is 6.92 Å². The van der Waals surface area contributed by atoms with E-state index >= 15 is 0 Å². The second kappa shape index (κ2) is 4.26. The molecule has 0 unspecified atom stereocenters. The van der Waals surface area contributed by atoms with Gasteiger partial charge in [0.05, 0.1) is 5.41 Å². The van der Waals surface area contributed by atoms with Crippen molar-refractivity contribution in [2.45, 2.75) is 38.0 Å². The number of hydrogen-bond acceptors (Lipinski definition) is 2. The largest absolute Gasteiger partial charge is 0.293 e. The Balaban J connectivity index is 2.48. The van der Waals surface area contributed by atoms with E-state index in [1.165, 1.54) is 5.56 Å². The standard InChI is InChI=1S/C13H18N2O/c1-10-6-2-3-7-11(10)13(12(16)15-14)8-4-5-9-13/h2-3,6-7H,4-5,8-9,14H2,1H3,(H,15,16). The Morgan fingerprint density at radius 2 is 1.94 bits per heavy atom. The Hall–Kier alpha value is -1.35.